The summed E-state index contributed by atoms with van der Waals surface area (Å²) in [7, 11) is 0. The molecule has 6 heteroatoms. The fourth-order valence-electron chi connectivity index (χ4n) is 3.45. The van der Waals surface area contributed by atoms with Crippen LogP contribution in [0.25, 0.3) is 10.9 Å². The molecular formula is C19H22ClN3O2. The second kappa shape index (κ2) is 6.81. The molecule has 1 saturated carbocycles. The van der Waals surface area contributed by atoms with E-state index in [1.165, 1.54) is 12.8 Å². The van der Waals surface area contributed by atoms with E-state index in [1.807, 2.05) is 23.1 Å². The smallest absolute Gasteiger partial charge is 0.252 e. The second-order valence-corrected chi connectivity index (χ2v) is 7.60. The molecule has 0 radical (unpaired) electrons. The predicted molar refractivity (Wildman–Crippen MR) is 98.8 cm³/mol. The van der Waals surface area contributed by atoms with Crippen LogP contribution in [0.5, 0.6) is 0 Å². The summed E-state index contributed by atoms with van der Waals surface area (Å²) in [5, 5.41) is 1.58. The van der Waals surface area contributed by atoms with Gasteiger partial charge in [0.2, 0.25) is 5.91 Å². The maximum Gasteiger partial charge on any atom is 0.252 e. The molecule has 0 spiro atoms. The monoisotopic (exact) mass is 359 g/mol. The van der Waals surface area contributed by atoms with Crippen molar-refractivity contribution in [3.8, 4) is 0 Å². The number of nitrogens with zero attached hydrogens (tertiary/aromatic N) is 2. The van der Waals surface area contributed by atoms with Crippen LogP contribution in [0.4, 0.5) is 0 Å². The fraction of sp³-hybridized carbons (Fsp3) is 0.474. The predicted octanol–water partition coefficient (Wildman–Crippen LogP) is 2.63. The van der Waals surface area contributed by atoms with E-state index in [0.717, 1.165) is 36.1 Å². The number of carbonyl (C=O) groups excluding carboxylic acids is 1. The molecule has 5 nitrogen and oxygen atoms in total. The van der Waals surface area contributed by atoms with Crippen molar-refractivity contribution in [2.45, 2.75) is 25.8 Å². The van der Waals surface area contributed by atoms with Crippen LogP contribution in [0, 0.1) is 5.92 Å². The summed E-state index contributed by atoms with van der Waals surface area (Å²) in [6.45, 7) is 3.76. The van der Waals surface area contributed by atoms with Gasteiger partial charge in [0.25, 0.3) is 5.56 Å². The van der Waals surface area contributed by atoms with Gasteiger partial charge in [-0.1, -0.05) is 17.7 Å². The zero-order valence-electron chi connectivity index (χ0n) is 14.1. The standard InChI is InChI=1S/C19H22ClN3O2/c20-16-4-3-14-9-15(19(25)21-17(14)10-16)12-22-6-5-18(24)23(8-7-22)11-13-1-2-13/h3-4,9-10,13H,1-2,5-8,11-12H2,(H,21,25). The highest BCUT2D eigenvalue weighted by atomic mass is 35.5. The van der Waals surface area contributed by atoms with Crippen molar-refractivity contribution in [1.82, 2.24) is 14.8 Å². The molecule has 132 valence electrons. The first-order valence-electron chi connectivity index (χ1n) is 8.90. The van der Waals surface area contributed by atoms with Crippen molar-refractivity contribution in [3.63, 3.8) is 0 Å². The quantitative estimate of drug-likeness (QED) is 0.913. The van der Waals surface area contributed by atoms with Crippen molar-refractivity contribution >= 4 is 28.4 Å². The molecule has 1 aromatic heterocycles. The van der Waals surface area contributed by atoms with Crippen molar-refractivity contribution < 1.29 is 4.79 Å². The molecular weight excluding hydrogens is 338 g/mol. The number of hydrogen-bond donors (Lipinski definition) is 1. The molecule has 1 amide bonds. The van der Waals surface area contributed by atoms with Gasteiger partial charge in [-0.15, -0.1) is 0 Å². The van der Waals surface area contributed by atoms with Gasteiger partial charge in [-0.25, -0.2) is 0 Å². The summed E-state index contributed by atoms with van der Waals surface area (Å²) in [5.74, 6) is 0.960. The number of pyridine rings is 1. The molecule has 2 fully saturated rings. The van der Waals surface area contributed by atoms with Gasteiger partial charge < -0.3 is 9.88 Å². The first kappa shape index (κ1) is 16.6. The van der Waals surface area contributed by atoms with Gasteiger partial charge >= 0.3 is 0 Å². The molecule has 1 aromatic carbocycles. The Bertz CT molecular complexity index is 859. The third-order valence-electron chi connectivity index (χ3n) is 5.14. The topological polar surface area (TPSA) is 56.4 Å². The zero-order chi connectivity index (χ0) is 17.4. The number of rotatable bonds is 4. The second-order valence-electron chi connectivity index (χ2n) is 7.16. The molecule has 2 aromatic rings. The van der Waals surface area contributed by atoms with Gasteiger partial charge in [-0.2, -0.15) is 0 Å². The maximum atomic E-state index is 12.4. The summed E-state index contributed by atoms with van der Waals surface area (Å²) >= 11 is 5.99. The van der Waals surface area contributed by atoms with Crippen molar-refractivity contribution in [2.75, 3.05) is 26.2 Å². The minimum absolute atomic E-state index is 0.0832. The number of aromatic amines is 1. The van der Waals surface area contributed by atoms with Crippen LogP contribution in [0.15, 0.2) is 29.1 Å². The van der Waals surface area contributed by atoms with E-state index in [9.17, 15) is 9.59 Å². The normalized spacial score (nSPS) is 19.4. The number of halogens is 1. The Labute approximate surface area is 151 Å². The molecule has 25 heavy (non-hydrogen) atoms. The third-order valence-corrected chi connectivity index (χ3v) is 5.37. The van der Waals surface area contributed by atoms with Crippen LogP contribution in [0.1, 0.15) is 24.8 Å². The van der Waals surface area contributed by atoms with Crippen LogP contribution in [-0.4, -0.2) is 46.9 Å². The van der Waals surface area contributed by atoms with E-state index in [1.54, 1.807) is 6.07 Å². The van der Waals surface area contributed by atoms with Gasteiger partial charge in [0.15, 0.2) is 0 Å². The van der Waals surface area contributed by atoms with Crippen LogP contribution >= 0.6 is 11.6 Å². The fourth-order valence-corrected chi connectivity index (χ4v) is 3.62. The Morgan fingerprint density at radius 2 is 1.96 bits per heavy atom. The summed E-state index contributed by atoms with van der Waals surface area (Å²) < 4.78 is 0. The van der Waals surface area contributed by atoms with E-state index in [4.69, 9.17) is 11.6 Å². The molecule has 1 aliphatic carbocycles. The summed E-state index contributed by atoms with van der Waals surface area (Å²) in [5.41, 5.74) is 1.40. The molecule has 1 N–H and O–H groups in total. The minimum Gasteiger partial charge on any atom is -0.341 e. The lowest BCUT2D eigenvalue weighted by Gasteiger charge is -2.22. The number of carbonyl (C=O) groups is 1. The molecule has 0 atom stereocenters. The van der Waals surface area contributed by atoms with E-state index in [-0.39, 0.29) is 11.5 Å². The molecule has 1 aliphatic heterocycles. The van der Waals surface area contributed by atoms with Gasteiger partial charge in [0, 0.05) is 55.2 Å². The van der Waals surface area contributed by atoms with E-state index < -0.39 is 0 Å². The molecule has 2 aliphatic rings. The van der Waals surface area contributed by atoms with Crippen LogP contribution in [-0.2, 0) is 11.3 Å². The van der Waals surface area contributed by atoms with E-state index in [2.05, 4.69) is 9.88 Å². The minimum atomic E-state index is -0.0832. The molecule has 1 saturated heterocycles. The average molecular weight is 360 g/mol. The number of aromatic nitrogens is 1. The Morgan fingerprint density at radius 3 is 2.76 bits per heavy atom. The highest BCUT2D eigenvalue weighted by Gasteiger charge is 2.28. The van der Waals surface area contributed by atoms with Crippen molar-refractivity contribution in [1.29, 1.82) is 0 Å². The highest BCUT2D eigenvalue weighted by Crippen LogP contribution is 2.30. The average Bonchev–Trinajstić information content (AvgIpc) is 3.41. The summed E-state index contributed by atoms with van der Waals surface area (Å²) in [6.07, 6.45) is 3.04. The lowest BCUT2D eigenvalue weighted by atomic mass is 10.1. The van der Waals surface area contributed by atoms with Crippen LogP contribution in [0.2, 0.25) is 5.02 Å². The highest BCUT2D eigenvalue weighted by molar-refractivity contribution is 6.31. The number of H-pyrrole nitrogens is 1. The lowest BCUT2D eigenvalue weighted by molar-refractivity contribution is -0.130. The Balaban J connectivity index is 1.48. The number of fused-ring (bicyclic) bond motifs is 1. The zero-order valence-corrected chi connectivity index (χ0v) is 14.9. The largest absolute Gasteiger partial charge is 0.341 e. The first-order chi connectivity index (χ1) is 12.1. The molecule has 2 heterocycles. The molecule has 0 bridgehead atoms. The number of hydrogen-bond acceptors (Lipinski definition) is 3. The lowest BCUT2D eigenvalue weighted by Crippen LogP contribution is -2.35. The van der Waals surface area contributed by atoms with Crippen LogP contribution < -0.4 is 5.56 Å². The van der Waals surface area contributed by atoms with Gasteiger partial charge in [0.05, 0.1) is 0 Å². The first-order valence-corrected chi connectivity index (χ1v) is 9.28. The Morgan fingerprint density at radius 1 is 1.12 bits per heavy atom. The SMILES string of the molecule is O=C1CCN(Cc2cc3ccc(Cl)cc3[nH]c2=O)CCN1CC1CC1. The number of benzene rings is 1. The van der Waals surface area contributed by atoms with Crippen molar-refractivity contribution in [3.05, 3.63) is 45.2 Å². The van der Waals surface area contributed by atoms with Crippen molar-refractivity contribution in [2.24, 2.45) is 5.92 Å². The molecule has 0 unspecified atom stereocenters. The van der Waals surface area contributed by atoms with E-state index in [0.29, 0.717) is 30.5 Å². The Hall–Kier alpha value is -1.85. The maximum absolute atomic E-state index is 12.4. The van der Waals surface area contributed by atoms with Gasteiger partial charge in [0.1, 0.15) is 0 Å². The third kappa shape index (κ3) is 3.88. The van der Waals surface area contributed by atoms with E-state index >= 15 is 0 Å². The van der Waals surface area contributed by atoms with Crippen LogP contribution in [0.3, 0.4) is 0 Å². The van der Waals surface area contributed by atoms with Gasteiger partial charge in [-0.05, 0) is 42.3 Å². The summed E-state index contributed by atoms with van der Waals surface area (Å²) in [4.78, 5) is 31.8. The number of nitrogens with one attached hydrogen (secondary N) is 1. The summed E-state index contributed by atoms with van der Waals surface area (Å²) in [6, 6.07) is 7.44. The molecule has 4 rings (SSSR count). The van der Waals surface area contributed by atoms with Gasteiger partial charge in [-0.3, -0.25) is 14.5 Å². The Kier molecular flexibility index (Phi) is 4.52. The number of amides is 1.